The first kappa shape index (κ1) is 18.9. The highest BCUT2D eigenvalue weighted by molar-refractivity contribution is 5.89. The van der Waals surface area contributed by atoms with Crippen molar-refractivity contribution in [2.45, 2.75) is 12.2 Å². The molecule has 1 heterocycles. The van der Waals surface area contributed by atoms with E-state index in [2.05, 4.69) is 25.8 Å². The summed E-state index contributed by atoms with van der Waals surface area (Å²) in [6.45, 7) is 0. The third-order valence-corrected chi connectivity index (χ3v) is 3.78. The van der Waals surface area contributed by atoms with Crippen LogP contribution in [0.3, 0.4) is 0 Å². The van der Waals surface area contributed by atoms with Gasteiger partial charge < -0.3 is 10.6 Å². The molecule has 0 radical (unpaired) electrons. The number of urea groups is 1. The lowest BCUT2D eigenvalue weighted by molar-refractivity contribution is -0.137. The molecule has 0 spiro atoms. The van der Waals surface area contributed by atoms with Crippen LogP contribution in [0.2, 0.25) is 0 Å². The summed E-state index contributed by atoms with van der Waals surface area (Å²) in [7, 11) is 0. The van der Waals surface area contributed by atoms with E-state index in [4.69, 9.17) is 5.26 Å². The largest absolute Gasteiger partial charge is 0.416 e. The van der Waals surface area contributed by atoms with E-state index in [1.165, 1.54) is 24.5 Å². The molecule has 142 valence electrons. The Morgan fingerprint density at radius 1 is 1.18 bits per heavy atom. The van der Waals surface area contributed by atoms with Gasteiger partial charge in [-0.15, -0.1) is 0 Å². The summed E-state index contributed by atoms with van der Waals surface area (Å²) in [5, 5.41) is 20.3. The van der Waals surface area contributed by atoms with Gasteiger partial charge in [-0.25, -0.2) is 9.78 Å². The molecule has 1 aromatic heterocycles. The molecule has 2 amide bonds. The second-order valence-electron chi connectivity index (χ2n) is 5.72. The zero-order chi connectivity index (χ0) is 20.1. The van der Waals surface area contributed by atoms with E-state index < -0.39 is 23.8 Å². The van der Waals surface area contributed by atoms with Crippen LogP contribution in [0.1, 0.15) is 28.6 Å². The lowest BCUT2D eigenvalue weighted by Gasteiger charge is -2.19. The van der Waals surface area contributed by atoms with E-state index in [0.29, 0.717) is 11.3 Å². The molecule has 2 aromatic carbocycles. The van der Waals surface area contributed by atoms with Crippen LogP contribution in [0.5, 0.6) is 0 Å². The molecule has 0 fully saturated rings. The molecule has 1 atom stereocenters. The predicted octanol–water partition coefficient (Wildman–Crippen LogP) is 3.61. The number of aromatic amines is 1. The first-order chi connectivity index (χ1) is 13.4. The van der Waals surface area contributed by atoms with Gasteiger partial charge in [0, 0.05) is 5.69 Å². The lowest BCUT2D eigenvalue weighted by atomic mass is 10.0. The number of anilines is 1. The van der Waals surface area contributed by atoms with Crippen molar-refractivity contribution in [1.82, 2.24) is 20.5 Å². The van der Waals surface area contributed by atoms with Crippen LogP contribution in [-0.4, -0.2) is 21.2 Å². The number of alkyl halides is 3. The second-order valence-corrected chi connectivity index (χ2v) is 5.72. The third kappa shape index (κ3) is 4.45. The topological polar surface area (TPSA) is 106 Å². The standard InChI is InChI=1S/C18H13F3N6O/c19-18(20,21)13-5-2-4-12(8-13)15(16-23-10-24-27-16)26-17(28)25-14-6-1-3-11(7-14)9-22/h1-8,10,15H,(H,23,24,27)(H2,25,26,28)/t15-/m0/s1. The molecule has 0 aliphatic rings. The van der Waals surface area contributed by atoms with Gasteiger partial charge in [0.1, 0.15) is 12.4 Å². The van der Waals surface area contributed by atoms with Crippen LogP contribution < -0.4 is 10.6 Å². The van der Waals surface area contributed by atoms with E-state index >= 15 is 0 Å². The number of amides is 2. The molecule has 3 rings (SSSR count). The number of nitrogens with one attached hydrogen (secondary N) is 3. The van der Waals surface area contributed by atoms with Gasteiger partial charge in [0.25, 0.3) is 0 Å². The van der Waals surface area contributed by atoms with E-state index in [1.54, 1.807) is 18.2 Å². The predicted molar refractivity (Wildman–Crippen MR) is 93.0 cm³/mol. The van der Waals surface area contributed by atoms with Crippen molar-refractivity contribution < 1.29 is 18.0 Å². The monoisotopic (exact) mass is 386 g/mol. The Morgan fingerprint density at radius 2 is 1.96 bits per heavy atom. The van der Waals surface area contributed by atoms with Gasteiger partial charge >= 0.3 is 12.2 Å². The molecular formula is C18H13F3N6O. The number of benzene rings is 2. The first-order valence-corrected chi connectivity index (χ1v) is 7.97. The van der Waals surface area contributed by atoms with Gasteiger partial charge in [-0.1, -0.05) is 18.2 Å². The molecule has 0 unspecified atom stereocenters. The minimum Gasteiger partial charge on any atom is -0.324 e. The van der Waals surface area contributed by atoms with Crippen LogP contribution in [0.25, 0.3) is 0 Å². The van der Waals surface area contributed by atoms with Gasteiger partial charge in [0.15, 0.2) is 5.82 Å². The fourth-order valence-electron chi connectivity index (χ4n) is 2.52. The average Bonchev–Trinajstić information content (AvgIpc) is 3.20. The zero-order valence-electron chi connectivity index (χ0n) is 14.2. The first-order valence-electron chi connectivity index (χ1n) is 7.97. The summed E-state index contributed by atoms with van der Waals surface area (Å²) >= 11 is 0. The number of hydrogen-bond acceptors (Lipinski definition) is 4. The van der Waals surface area contributed by atoms with Crippen molar-refractivity contribution in [2.75, 3.05) is 5.32 Å². The van der Waals surface area contributed by atoms with Crippen LogP contribution in [0.4, 0.5) is 23.7 Å². The van der Waals surface area contributed by atoms with Gasteiger partial charge in [0.05, 0.1) is 17.2 Å². The molecule has 28 heavy (non-hydrogen) atoms. The van der Waals surface area contributed by atoms with E-state index in [1.807, 2.05) is 6.07 Å². The number of nitriles is 1. The summed E-state index contributed by atoms with van der Waals surface area (Å²) in [6, 6.07) is 11.0. The summed E-state index contributed by atoms with van der Waals surface area (Å²) in [5.41, 5.74) is 0.0327. The number of rotatable bonds is 4. The van der Waals surface area contributed by atoms with Crippen LogP contribution >= 0.6 is 0 Å². The molecule has 3 N–H and O–H groups in total. The minimum atomic E-state index is -4.53. The fourth-order valence-corrected chi connectivity index (χ4v) is 2.52. The van der Waals surface area contributed by atoms with Crippen LogP contribution in [0.15, 0.2) is 54.9 Å². The maximum atomic E-state index is 13.0. The quantitative estimate of drug-likeness (QED) is 0.637. The van der Waals surface area contributed by atoms with Gasteiger partial charge in [-0.3, -0.25) is 5.10 Å². The minimum absolute atomic E-state index is 0.167. The van der Waals surface area contributed by atoms with Crippen LogP contribution in [-0.2, 0) is 6.18 Å². The molecular weight excluding hydrogens is 373 g/mol. The lowest BCUT2D eigenvalue weighted by Crippen LogP contribution is -2.34. The maximum absolute atomic E-state index is 13.0. The number of hydrogen-bond donors (Lipinski definition) is 3. The number of carbonyl (C=O) groups is 1. The van der Waals surface area contributed by atoms with Crippen molar-refractivity contribution in [3.63, 3.8) is 0 Å². The van der Waals surface area contributed by atoms with Crippen LogP contribution in [0, 0.1) is 11.3 Å². The summed E-state index contributed by atoms with van der Waals surface area (Å²) in [5.74, 6) is 0.167. The van der Waals surface area contributed by atoms with Gasteiger partial charge in [-0.2, -0.15) is 23.5 Å². The summed E-state index contributed by atoms with van der Waals surface area (Å²) in [6.07, 6.45) is -3.34. The van der Waals surface area contributed by atoms with Crippen molar-refractivity contribution in [3.8, 4) is 6.07 Å². The highest BCUT2D eigenvalue weighted by Crippen LogP contribution is 2.31. The smallest absolute Gasteiger partial charge is 0.324 e. The molecule has 0 bridgehead atoms. The Morgan fingerprint density at radius 3 is 2.64 bits per heavy atom. The van der Waals surface area contributed by atoms with Gasteiger partial charge in [-0.05, 0) is 35.9 Å². The third-order valence-electron chi connectivity index (χ3n) is 3.78. The molecule has 0 saturated heterocycles. The SMILES string of the molecule is N#Cc1cccc(NC(=O)N[C@@H](c2cccc(C(F)(F)F)c2)c2ncn[nH]2)c1. The van der Waals surface area contributed by atoms with Crippen molar-refractivity contribution in [3.05, 3.63) is 77.4 Å². The summed E-state index contributed by atoms with van der Waals surface area (Å²) in [4.78, 5) is 16.3. The summed E-state index contributed by atoms with van der Waals surface area (Å²) < 4.78 is 39.1. The van der Waals surface area contributed by atoms with E-state index in [9.17, 15) is 18.0 Å². The number of carbonyl (C=O) groups excluding carboxylic acids is 1. The Bertz CT molecular complexity index is 1010. The number of halogens is 3. The van der Waals surface area contributed by atoms with Crippen molar-refractivity contribution in [1.29, 1.82) is 5.26 Å². The Balaban J connectivity index is 1.86. The Labute approximate surface area is 157 Å². The van der Waals surface area contributed by atoms with E-state index in [0.717, 1.165) is 12.1 Å². The molecule has 0 aliphatic carbocycles. The number of aromatic nitrogens is 3. The highest BCUT2D eigenvalue weighted by Gasteiger charge is 2.31. The maximum Gasteiger partial charge on any atom is 0.416 e. The van der Waals surface area contributed by atoms with Crippen molar-refractivity contribution >= 4 is 11.7 Å². The van der Waals surface area contributed by atoms with Crippen molar-refractivity contribution in [2.24, 2.45) is 0 Å². The number of H-pyrrole nitrogens is 1. The Kier molecular flexibility index (Phi) is 5.26. The highest BCUT2D eigenvalue weighted by atomic mass is 19.4. The molecule has 3 aromatic rings. The fraction of sp³-hybridized carbons (Fsp3) is 0.111. The molecule has 10 heteroatoms. The molecule has 7 nitrogen and oxygen atoms in total. The van der Waals surface area contributed by atoms with E-state index in [-0.39, 0.29) is 11.4 Å². The second kappa shape index (κ2) is 7.79. The number of nitrogens with zero attached hydrogens (tertiary/aromatic N) is 3. The molecule has 0 saturated carbocycles. The molecule has 0 aliphatic heterocycles. The average molecular weight is 386 g/mol. The Hall–Kier alpha value is -3.87. The normalized spacial score (nSPS) is 12.1. The zero-order valence-corrected chi connectivity index (χ0v) is 14.2. The van der Waals surface area contributed by atoms with Gasteiger partial charge in [0.2, 0.25) is 0 Å².